The molecule has 0 spiro atoms. The van der Waals surface area contributed by atoms with Gasteiger partial charge in [0.1, 0.15) is 11.4 Å². The van der Waals surface area contributed by atoms with Gasteiger partial charge in [-0.15, -0.1) is 0 Å². The number of aryl methyl sites for hydroxylation is 1. The van der Waals surface area contributed by atoms with Crippen molar-refractivity contribution in [1.29, 1.82) is 0 Å². The van der Waals surface area contributed by atoms with Crippen molar-refractivity contribution in [3.8, 4) is 0 Å². The van der Waals surface area contributed by atoms with Crippen LogP contribution in [0.1, 0.15) is 21.7 Å². The first kappa shape index (κ1) is 14.7. The largest absolute Gasteiger partial charge is 0.345 e. The van der Waals surface area contributed by atoms with Crippen molar-refractivity contribution in [2.45, 2.75) is 13.5 Å². The molecule has 0 fully saturated rings. The number of imidazole rings is 1. The number of nitrogens with one attached hydrogen (secondary N) is 2. The second-order valence-electron chi connectivity index (χ2n) is 5.16. The van der Waals surface area contributed by atoms with Crippen molar-refractivity contribution in [2.24, 2.45) is 0 Å². The normalized spacial score (nSPS) is 10.7. The second-order valence-corrected chi connectivity index (χ2v) is 5.16. The minimum atomic E-state index is -0.560. The van der Waals surface area contributed by atoms with E-state index in [-0.39, 0.29) is 17.8 Å². The van der Waals surface area contributed by atoms with E-state index < -0.39 is 10.8 Å². The van der Waals surface area contributed by atoms with Gasteiger partial charge in [-0.1, -0.05) is 18.2 Å². The summed E-state index contributed by atoms with van der Waals surface area (Å²) in [5.74, 6) is 0.0933. The van der Waals surface area contributed by atoms with Crippen molar-refractivity contribution in [1.82, 2.24) is 15.3 Å². The first-order chi connectivity index (χ1) is 11.0. The zero-order valence-electron chi connectivity index (χ0n) is 12.4. The predicted molar refractivity (Wildman–Crippen MR) is 85.1 cm³/mol. The summed E-state index contributed by atoms with van der Waals surface area (Å²) in [6, 6.07) is 12.0. The van der Waals surface area contributed by atoms with Gasteiger partial charge in [0.25, 0.3) is 11.6 Å². The number of nitro groups is 1. The third kappa shape index (κ3) is 3.03. The maximum Gasteiger partial charge on any atom is 0.282 e. The summed E-state index contributed by atoms with van der Waals surface area (Å²) in [5, 5.41) is 13.7. The molecule has 1 aromatic heterocycles. The molecule has 1 heterocycles. The number of benzene rings is 2. The molecule has 3 rings (SSSR count). The smallest absolute Gasteiger partial charge is 0.282 e. The fourth-order valence-electron chi connectivity index (χ4n) is 2.34. The van der Waals surface area contributed by atoms with E-state index in [1.807, 2.05) is 24.3 Å². The molecule has 0 aliphatic carbocycles. The van der Waals surface area contributed by atoms with E-state index >= 15 is 0 Å². The number of fused-ring (bicyclic) bond motifs is 1. The fraction of sp³-hybridized carbons (Fsp3) is 0.125. The molecule has 0 bridgehead atoms. The van der Waals surface area contributed by atoms with Gasteiger partial charge >= 0.3 is 0 Å². The predicted octanol–water partition coefficient (Wildman–Crippen LogP) is 2.71. The molecule has 7 heteroatoms. The highest BCUT2D eigenvalue weighted by atomic mass is 16.6. The molecule has 116 valence electrons. The summed E-state index contributed by atoms with van der Waals surface area (Å²) in [6.07, 6.45) is 0. The fourth-order valence-corrected chi connectivity index (χ4v) is 2.34. The second kappa shape index (κ2) is 5.88. The number of aromatic amines is 1. The highest BCUT2D eigenvalue weighted by molar-refractivity contribution is 5.98. The summed E-state index contributed by atoms with van der Waals surface area (Å²) in [7, 11) is 0. The van der Waals surface area contributed by atoms with E-state index in [4.69, 9.17) is 0 Å². The van der Waals surface area contributed by atoms with Crippen LogP contribution in [0.25, 0.3) is 11.0 Å². The minimum absolute atomic E-state index is 0.0473. The standard InChI is InChI=1S/C16H14N4O3/c1-10-6-7-14(20(22)23)11(8-10)16(21)17-9-15-18-12-4-2-3-5-13(12)19-15/h2-8H,9H2,1H3,(H,17,21)(H,18,19). The number of aromatic nitrogens is 2. The Hall–Kier alpha value is -3.22. The topological polar surface area (TPSA) is 101 Å². The number of carbonyl (C=O) groups is 1. The average molecular weight is 310 g/mol. The zero-order valence-corrected chi connectivity index (χ0v) is 12.4. The molecule has 2 N–H and O–H groups in total. The van der Waals surface area contributed by atoms with Gasteiger partial charge in [0, 0.05) is 6.07 Å². The van der Waals surface area contributed by atoms with Crippen LogP contribution in [0.4, 0.5) is 5.69 Å². The lowest BCUT2D eigenvalue weighted by Crippen LogP contribution is -2.24. The quantitative estimate of drug-likeness (QED) is 0.571. The molecular weight excluding hydrogens is 296 g/mol. The number of hydrogen-bond donors (Lipinski definition) is 2. The van der Waals surface area contributed by atoms with Gasteiger partial charge < -0.3 is 10.3 Å². The van der Waals surface area contributed by atoms with Crippen LogP contribution in [0.15, 0.2) is 42.5 Å². The molecule has 7 nitrogen and oxygen atoms in total. The van der Waals surface area contributed by atoms with Crippen LogP contribution in [-0.2, 0) is 6.54 Å². The van der Waals surface area contributed by atoms with E-state index in [0.717, 1.165) is 16.6 Å². The van der Waals surface area contributed by atoms with Crippen molar-refractivity contribution < 1.29 is 9.72 Å². The Morgan fingerprint density at radius 3 is 2.83 bits per heavy atom. The number of carbonyl (C=O) groups excluding carboxylic acids is 1. The Morgan fingerprint density at radius 2 is 2.09 bits per heavy atom. The number of hydrogen-bond acceptors (Lipinski definition) is 4. The van der Waals surface area contributed by atoms with Gasteiger partial charge in [0.15, 0.2) is 0 Å². The van der Waals surface area contributed by atoms with Gasteiger partial charge in [0.2, 0.25) is 0 Å². The summed E-state index contributed by atoms with van der Waals surface area (Å²) in [4.78, 5) is 30.2. The Balaban J connectivity index is 1.79. The van der Waals surface area contributed by atoms with Crippen LogP contribution in [-0.4, -0.2) is 20.8 Å². The highest BCUT2D eigenvalue weighted by Crippen LogP contribution is 2.20. The first-order valence-electron chi connectivity index (χ1n) is 7.01. The van der Waals surface area contributed by atoms with Gasteiger partial charge in [-0.3, -0.25) is 14.9 Å². The summed E-state index contributed by atoms with van der Waals surface area (Å²) in [6.45, 7) is 1.94. The molecular formula is C16H14N4O3. The lowest BCUT2D eigenvalue weighted by atomic mass is 10.1. The number of amides is 1. The molecule has 0 saturated carbocycles. The summed E-state index contributed by atoms with van der Waals surface area (Å²) in [5.41, 5.74) is 2.30. The van der Waals surface area contributed by atoms with E-state index in [9.17, 15) is 14.9 Å². The maximum atomic E-state index is 12.3. The Kier molecular flexibility index (Phi) is 3.76. The van der Waals surface area contributed by atoms with E-state index in [2.05, 4.69) is 15.3 Å². The van der Waals surface area contributed by atoms with Crippen LogP contribution in [0.3, 0.4) is 0 Å². The zero-order chi connectivity index (χ0) is 16.4. The average Bonchev–Trinajstić information content (AvgIpc) is 2.95. The monoisotopic (exact) mass is 310 g/mol. The molecule has 0 aliphatic heterocycles. The van der Waals surface area contributed by atoms with E-state index in [1.54, 1.807) is 13.0 Å². The van der Waals surface area contributed by atoms with Crippen LogP contribution in [0.5, 0.6) is 0 Å². The molecule has 0 atom stereocenters. The molecule has 0 radical (unpaired) electrons. The Morgan fingerprint density at radius 1 is 1.30 bits per heavy atom. The molecule has 2 aromatic carbocycles. The van der Waals surface area contributed by atoms with Crippen LogP contribution >= 0.6 is 0 Å². The van der Waals surface area contributed by atoms with Crippen LogP contribution < -0.4 is 5.32 Å². The molecule has 23 heavy (non-hydrogen) atoms. The number of nitrogens with zero attached hydrogens (tertiary/aromatic N) is 2. The first-order valence-corrected chi connectivity index (χ1v) is 7.01. The van der Waals surface area contributed by atoms with Gasteiger partial charge in [-0.05, 0) is 30.7 Å². The molecule has 0 aliphatic rings. The van der Waals surface area contributed by atoms with Crippen molar-refractivity contribution in [2.75, 3.05) is 0 Å². The highest BCUT2D eigenvalue weighted by Gasteiger charge is 2.20. The van der Waals surface area contributed by atoms with Crippen molar-refractivity contribution in [3.05, 3.63) is 69.5 Å². The Bertz CT molecular complexity index is 868. The third-order valence-corrected chi connectivity index (χ3v) is 3.45. The summed E-state index contributed by atoms with van der Waals surface area (Å²) >= 11 is 0. The molecule has 1 amide bonds. The summed E-state index contributed by atoms with van der Waals surface area (Å²) < 4.78 is 0. The van der Waals surface area contributed by atoms with Gasteiger partial charge in [0.05, 0.1) is 22.5 Å². The number of para-hydroxylation sites is 2. The van der Waals surface area contributed by atoms with Gasteiger partial charge in [-0.2, -0.15) is 0 Å². The Labute approximate surface area is 131 Å². The number of rotatable bonds is 4. The van der Waals surface area contributed by atoms with Crippen molar-refractivity contribution in [3.63, 3.8) is 0 Å². The van der Waals surface area contributed by atoms with Crippen LogP contribution in [0, 0.1) is 17.0 Å². The molecule has 0 unspecified atom stereocenters. The lowest BCUT2D eigenvalue weighted by Gasteiger charge is -2.05. The molecule has 3 aromatic rings. The van der Waals surface area contributed by atoms with Crippen LogP contribution in [0.2, 0.25) is 0 Å². The van der Waals surface area contributed by atoms with Crippen molar-refractivity contribution >= 4 is 22.6 Å². The van der Waals surface area contributed by atoms with E-state index in [0.29, 0.717) is 5.82 Å². The number of nitro benzene ring substituents is 1. The maximum absolute atomic E-state index is 12.3. The lowest BCUT2D eigenvalue weighted by molar-refractivity contribution is -0.385. The minimum Gasteiger partial charge on any atom is -0.345 e. The number of H-pyrrole nitrogens is 1. The SMILES string of the molecule is Cc1ccc([N+](=O)[O-])c(C(=O)NCc2nc3ccccc3[nH]2)c1. The van der Waals surface area contributed by atoms with Gasteiger partial charge in [-0.25, -0.2) is 4.98 Å². The third-order valence-electron chi connectivity index (χ3n) is 3.45. The van der Waals surface area contributed by atoms with E-state index in [1.165, 1.54) is 12.1 Å². The molecule has 0 saturated heterocycles.